The average molecular weight is 210 g/mol. The summed E-state index contributed by atoms with van der Waals surface area (Å²) in [5.74, 6) is 0.404. The zero-order chi connectivity index (χ0) is 10.8. The van der Waals surface area contributed by atoms with Crippen LogP contribution in [0.5, 0.6) is 5.75 Å². The molecule has 0 saturated carbocycles. The molecular formula is C11H15FN2O. The quantitative estimate of drug-likeness (QED) is 0.821. The van der Waals surface area contributed by atoms with Crippen LogP contribution in [0.25, 0.3) is 0 Å². The van der Waals surface area contributed by atoms with Gasteiger partial charge in [0.2, 0.25) is 0 Å². The van der Waals surface area contributed by atoms with Crippen LogP contribution >= 0.6 is 0 Å². The van der Waals surface area contributed by atoms with E-state index in [1.165, 1.54) is 0 Å². The maximum Gasteiger partial charge on any atom is 0.138 e. The third-order valence-corrected chi connectivity index (χ3v) is 2.71. The molecule has 0 aromatic carbocycles. The standard InChI is InChI=1S/C11H15FN2O/c1-8-2-3-11(15)10(13-8)7-14-5-9(4-12)6-14/h2-3,9,15H,4-7H2,1H3. The molecule has 0 aliphatic carbocycles. The van der Waals surface area contributed by atoms with Gasteiger partial charge in [0.15, 0.2) is 0 Å². The Bertz CT molecular complexity index is 350. The minimum atomic E-state index is -0.246. The highest BCUT2D eigenvalue weighted by molar-refractivity contribution is 5.27. The second kappa shape index (κ2) is 4.14. The van der Waals surface area contributed by atoms with Crippen molar-refractivity contribution in [2.45, 2.75) is 13.5 Å². The van der Waals surface area contributed by atoms with E-state index in [0.29, 0.717) is 12.2 Å². The summed E-state index contributed by atoms with van der Waals surface area (Å²) in [4.78, 5) is 6.35. The number of aromatic hydroxyl groups is 1. The Morgan fingerprint density at radius 3 is 2.93 bits per heavy atom. The number of hydrogen-bond acceptors (Lipinski definition) is 3. The lowest BCUT2D eigenvalue weighted by Gasteiger charge is -2.37. The van der Waals surface area contributed by atoms with Gasteiger partial charge in [0, 0.05) is 31.2 Å². The van der Waals surface area contributed by atoms with Gasteiger partial charge in [0.1, 0.15) is 5.75 Å². The summed E-state index contributed by atoms with van der Waals surface area (Å²) >= 11 is 0. The van der Waals surface area contributed by atoms with Crippen molar-refractivity contribution < 1.29 is 9.50 Å². The van der Waals surface area contributed by atoms with Crippen LogP contribution in [-0.4, -0.2) is 34.8 Å². The summed E-state index contributed by atoms with van der Waals surface area (Å²) in [6, 6.07) is 3.43. The van der Waals surface area contributed by atoms with Crippen LogP contribution < -0.4 is 0 Å². The molecule has 1 aliphatic rings. The molecule has 1 fully saturated rings. The molecular weight excluding hydrogens is 195 g/mol. The van der Waals surface area contributed by atoms with Gasteiger partial charge in [-0.2, -0.15) is 0 Å². The Morgan fingerprint density at radius 2 is 2.27 bits per heavy atom. The fraction of sp³-hybridized carbons (Fsp3) is 0.545. The Morgan fingerprint density at radius 1 is 1.53 bits per heavy atom. The minimum Gasteiger partial charge on any atom is -0.506 e. The smallest absolute Gasteiger partial charge is 0.138 e. The van der Waals surface area contributed by atoms with Crippen molar-refractivity contribution in [3.8, 4) is 5.75 Å². The van der Waals surface area contributed by atoms with E-state index in [9.17, 15) is 9.50 Å². The second-order valence-corrected chi connectivity index (χ2v) is 4.13. The van der Waals surface area contributed by atoms with E-state index in [-0.39, 0.29) is 18.3 Å². The van der Waals surface area contributed by atoms with E-state index in [4.69, 9.17) is 0 Å². The van der Waals surface area contributed by atoms with Crippen LogP contribution in [0.4, 0.5) is 4.39 Å². The number of halogens is 1. The third-order valence-electron chi connectivity index (χ3n) is 2.71. The zero-order valence-corrected chi connectivity index (χ0v) is 8.78. The Hall–Kier alpha value is -1.16. The predicted molar refractivity (Wildman–Crippen MR) is 55.4 cm³/mol. The maximum absolute atomic E-state index is 12.2. The van der Waals surface area contributed by atoms with Crippen LogP contribution in [0, 0.1) is 12.8 Å². The Balaban J connectivity index is 1.97. The molecule has 0 bridgehead atoms. The minimum absolute atomic E-state index is 0.178. The van der Waals surface area contributed by atoms with Gasteiger partial charge in [-0.15, -0.1) is 0 Å². The number of hydrogen-bond donors (Lipinski definition) is 1. The predicted octanol–water partition coefficient (Wildman–Crippen LogP) is 1.50. The van der Waals surface area contributed by atoms with Gasteiger partial charge in [-0.3, -0.25) is 14.3 Å². The number of alkyl halides is 1. The van der Waals surface area contributed by atoms with Gasteiger partial charge in [-0.05, 0) is 19.1 Å². The van der Waals surface area contributed by atoms with E-state index >= 15 is 0 Å². The van der Waals surface area contributed by atoms with E-state index in [1.54, 1.807) is 12.1 Å². The van der Waals surface area contributed by atoms with E-state index in [1.807, 2.05) is 6.92 Å². The van der Waals surface area contributed by atoms with Gasteiger partial charge >= 0.3 is 0 Å². The number of nitrogens with zero attached hydrogens (tertiary/aromatic N) is 2. The monoisotopic (exact) mass is 210 g/mol. The molecule has 1 N–H and O–H groups in total. The first kappa shape index (κ1) is 10.4. The van der Waals surface area contributed by atoms with Gasteiger partial charge in [0.05, 0.1) is 12.4 Å². The summed E-state index contributed by atoms with van der Waals surface area (Å²) < 4.78 is 12.2. The van der Waals surface area contributed by atoms with Crippen molar-refractivity contribution in [3.63, 3.8) is 0 Å². The summed E-state index contributed by atoms with van der Waals surface area (Å²) in [7, 11) is 0. The van der Waals surface area contributed by atoms with Crippen molar-refractivity contribution in [2.75, 3.05) is 19.8 Å². The lowest BCUT2D eigenvalue weighted by Crippen LogP contribution is -2.47. The average Bonchev–Trinajstić information content (AvgIpc) is 2.16. The van der Waals surface area contributed by atoms with E-state index in [2.05, 4.69) is 9.88 Å². The lowest BCUT2D eigenvalue weighted by molar-refractivity contribution is 0.0717. The Labute approximate surface area is 88.6 Å². The molecule has 1 aromatic rings. The molecule has 0 spiro atoms. The van der Waals surface area contributed by atoms with Crippen LogP contribution in [0.2, 0.25) is 0 Å². The zero-order valence-electron chi connectivity index (χ0n) is 8.78. The molecule has 0 atom stereocenters. The fourth-order valence-corrected chi connectivity index (χ4v) is 1.83. The summed E-state index contributed by atoms with van der Waals surface area (Å²) in [6.07, 6.45) is 0. The topological polar surface area (TPSA) is 36.4 Å². The summed E-state index contributed by atoms with van der Waals surface area (Å²) in [6.45, 7) is 3.80. The first-order chi connectivity index (χ1) is 7.19. The fourth-order valence-electron chi connectivity index (χ4n) is 1.83. The van der Waals surface area contributed by atoms with Crippen LogP contribution in [0.3, 0.4) is 0 Å². The van der Waals surface area contributed by atoms with Gasteiger partial charge < -0.3 is 5.11 Å². The first-order valence-corrected chi connectivity index (χ1v) is 5.13. The van der Waals surface area contributed by atoms with E-state index in [0.717, 1.165) is 18.8 Å². The van der Waals surface area contributed by atoms with Gasteiger partial charge in [-0.25, -0.2) is 0 Å². The molecule has 4 heteroatoms. The van der Waals surface area contributed by atoms with Crippen LogP contribution in [0.15, 0.2) is 12.1 Å². The molecule has 1 saturated heterocycles. The Kier molecular flexibility index (Phi) is 2.86. The SMILES string of the molecule is Cc1ccc(O)c(CN2CC(CF)C2)n1. The van der Waals surface area contributed by atoms with Crippen molar-refractivity contribution in [2.24, 2.45) is 5.92 Å². The number of aromatic nitrogens is 1. The molecule has 82 valence electrons. The van der Waals surface area contributed by atoms with Crippen molar-refractivity contribution in [1.29, 1.82) is 0 Å². The van der Waals surface area contributed by atoms with Crippen molar-refractivity contribution >= 4 is 0 Å². The largest absolute Gasteiger partial charge is 0.506 e. The normalized spacial score (nSPS) is 17.7. The highest BCUT2D eigenvalue weighted by atomic mass is 19.1. The van der Waals surface area contributed by atoms with E-state index < -0.39 is 0 Å². The number of pyridine rings is 1. The molecule has 1 aliphatic heterocycles. The molecule has 0 amide bonds. The van der Waals surface area contributed by atoms with Crippen molar-refractivity contribution in [3.05, 3.63) is 23.5 Å². The number of aryl methyl sites for hydroxylation is 1. The number of likely N-dealkylation sites (tertiary alicyclic amines) is 1. The highest BCUT2D eigenvalue weighted by Gasteiger charge is 2.27. The first-order valence-electron chi connectivity index (χ1n) is 5.13. The third kappa shape index (κ3) is 2.26. The molecule has 2 rings (SSSR count). The van der Waals surface area contributed by atoms with Crippen LogP contribution in [-0.2, 0) is 6.54 Å². The molecule has 3 nitrogen and oxygen atoms in total. The number of rotatable bonds is 3. The molecule has 0 radical (unpaired) electrons. The van der Waals surface area contributed by atoms with Gasteiger partial charge in [-0.1, -0.05) is 0 Å². The maximum atomic E-state index is 12.2. The van der Waals surface area contributed by atoms with Crippen LogP contribution in [0.1, 0.15) is 11.4 Å². The molecule has 2 heterocycles. The highest BCUT2D eigenvalue weighted by Crippen LogP contribution is 2.22. The molecule has 1 aromatic heterocycles. The summed E-state index contributed by atoms with van der Waals surface area (Å²) in [5, 5.41) is 9.56. The molecule has 0 unspecified atom stereocenters. The summed E-state index contributed by atoms with van der Waals surface area (Å²) in [5.41, 5.74) is 1.58. The second-order valence-electron chi connectivity index (χ2n) is 4.13. The molecule has 15 heavy (non-hydrogen) atoms. The van der Waals surface area contributed by atoms with Crippen molar-refractivity contribution in [1.82, 2.24) is 9.88 Å². The van der Waals surface area contributed by atoms with Gasteiger partial charge in [0.25, 0.3) is 0 Å². The lowest BCUT2D eigenvalue weighted by atomic mass is 10.0.